The molecular weight excluding hydrogens is 461 g/mol. The minimum atomic E-state index is -0.641. The molecule has 2 aromatic carbocycles. The van der Waals surface area contributed by atoms with Crippen molar-refractivity contribution in [3.05, 3.63) is 59.9 Å². The van der Waals surface area contributed by atoms with Crippen molar-refractivity contribution >= 4 is 11.7 Å². The number of rotatable bonds is 9. The summed E-state index contributed by atoms with van der Waals surface area (Å²) in [6.07, 6.45) is 3.45. The molecule has 2 heterocycles. The van der Waals surface area contributed by atoms with Crippen LogP contribution < -0.4 is 10.6 Å². The molecule has 4 rings (SSSR count). The molecular formula is C26H34FN7O2. The highest BCUT2D eigenvalue weighted by Gasteiger charge is 2.27. The molecule has 1 aliphatic rings. The summed E-state index contributed by atoms with van der Waals surface area (Å²) in [6.45, 7) is 3.60. The summed E-state index contributed by atoms with van der Waals surface area (Å²) in [5, 5.41) is 28.3. The standard InChI is InChI=1S/C26H34FN7O2/c1-3-22(28-26(36)29-23-8-4-7-20(15-23)25-30-31-32-33(25)2)16-24(35)34-13-5-6-19(17-34)14-18-9-11-21(27)12-10-18/h4,7-12,15,19,22,24,35H,3,5-6,13-14,16-17H2,1-2H3,(H2,28,29,36)/t19-,22+,24-/m0/s1. The number of tetrazole rings is 1. The van der Waals surface area contributed by atoms with Crippen molar-refractivity contribution < 1.29 is 14.3 Å². The number of nitrogens with one attached hydrogen (secondary N) is 2. The minimum Gasteiger partial charge on any atom is -0.378 e. The fourth-order valence-corrected chi connectivity index (χ4v) is 4.78. The Bertz CT molecular complexity index is 1140. The monoisotopic (exact) mass is 495 g/mol. The fraction of sp³-hybridized carbons (Fsp3) is 0.462. The zero-order chi connectivity index (χ0) is 25.5. The summed E-state index contributed by atoms with van der Waals surface area (Å²) in [5.41, 5.74) is 2.54. The second-order valence-corrected chi connectivity index (χ2v) is 9.46. The number of nitrogens with zero attached hydrogens (tertiary/aromatic N) is 5. The first kappa shape index (κ1) is 25.7. The Labute approximate surface area is 210 Å². The number of hydrogen-bond donors (Lipinski definition) is 3. The molecule has 3 aromatic rings. The third-order valence-electron chi connectivity index (χ3n) is 6.73. The predicted octanol–water partition coefficient (Wildman–Crippen LogP) is 3.58. The molecule has 0 radical (unpaired) electrons. The smallest absolute Gasteiger partial charge is 0.319 e. The number of halogens is 1. The van der Waals surface area contributed by atoms with Gasteiger partial charge in [0.25, 0.3) is 0 Å². The summed E-state index contributed by atoms with van der Waals surface area (Å²) in [7, 11) is 1.76. The van der Waals surface area contributed by atoms with Crippen molar-refractivity contribution in [1.29, 1.82) is 0 Å². The summed E-state index contributed by atoms with van der Waals surface area (Å²) < 4.78 is 14.8. The van der Waals surface area contributed by atoms with Gasteiger partial charge in [0.15, 0.2) is 5.82 Å². The Morgan fingerprint density at radius 1 is 1.25 bits per heavy atom. The van der Waals surface area contributed by atoms with Crippen molar-refractivity contribution in [2.24, 2.45) is 13.0 Å². The van der Waals surface area contributed by atoms with Crippen LogP contribution in [0, 0.1) is 11.7 Å². The Morgan fingerprint density at radius 3 is 2.78 bits per heavy atom. The lowest BCUT2D eigenvalue weighted by Crippen LogP contribution is -2.47. The summed E-state index contributed by atoms with van der Waals surface area (Å²) in [4.78, 5) is 14.8. The van der Waals surface area contributed by atoms with E-state index in [0.717, 1.165) is 43.5 Å². The van der Waals surface area contributed by atoms with Gasteiger partial charge >= 0.3 is 6.03 Å². The van der Waals surface area contributed by atoms with Crippen LogP contribution in [0.4, 0.5) is 14.9 Å². The van der Waals surface area contributed by atoms with Crippen LogP contribution in [0.3, 0.4) is 0 Å². The highest BCUT2D eigenvalue weighted by molar-refractivity contribution is 5.90. The van der Waals surface area contributed by atoms with Gasteiger partial charge in [0.05, 0.1) is 0 Å². The van der Waals surface area contributed by atoms with Crippen LogP contribution in [-0.2, 0) is 13.5 Å². The number of aliphatic hydroxyl groups excluding tert-OH is 1. The van der Waals surface area contributed by atoms with E-state index in [1.54, 1.807) is 17.8 Å². The summed E-state index contributed by atoms with van der Waals surface area (Å²) >= 11 is 0. The molecule has 0 aliphatic carbocycles. The second kappa shape index (κ2) is 12.0. The van der Waals surface area contributed by atoms with Crippen LogP contribution in [0.25, 0.3) is 11.4 Å². The summed E-state index contributed by atoms with van der Waals surface area (Å²) in [6, 6.07) is 13.5. The molecule has 1 saturated heterocycles. The van der Waals surface area contributed by atoms with Crippen LogP contribution in [0.5, 0.6) is 0 Å². The molecule has 1 aromatic heterocycles. The topological polar surface area (TPSA) is 108 Å². The maximum atomic E-state index is 13.2. The van der Waals surface area contributed by atoms with Gasteiger partial charge in [-0.15, -0.1) is 5.10 Å². The lowest BCUT2D eigenvalue weighted by atomic mass is 9.91. The van der Waals surface area contributed by atoms with Gasteiger partial charge < -0.3 is 15.7 Å². The number of aryl methyl sites for hydroxylation is 1. The van der Waals surface area contributed by atoms with Gasteiger partial charge in [-0.2, -0.15) is 0 Å². The van der Waals surface area contributed by atoms with Gasteiger partial charge in [0.1, 0.15) is 12.0 Å². The van der Waals surface area contributed by atoms with Gasteiger partial charge in [-0.25, -0.2) is 13.9 Å². The molecule has 3 atom stereocenters. The number of carbonyl (C=O) groups is 1. The average molecular weight is 496 g/mol. The van der Waals surface area contributed by atoms with Crippen LogP contribution in [-0.4, -0.2) is 61.6 Å². The lowest BCUT2D eigenvalue weighted by molar-refractivity contribution is -0.0317. The molecule has 9 nitrogen and oxygen atoms in total. The molecule has 1 fully saturated rings. The van der Waals surface area contributed by atoms with E-state index in [9.17, 15) is 14.3 Å². The van der Waals surface area contributed by atoms with E-state index in [1.807, 2.05) is 37.3 Å². The van der Waals surface area contributed by atoms with E-state index in [0.29, 0.717) is 30.3 Å². The average Bonchev–Trinajstić information content (AvgIpc) is 3.31. The molecule has 1 aliphatic heterocycles. The molecule has 0 bridgehead atoms. The Hall–Kier alpha value is -3.37. The highest BCUT2D eigenvalue weighted by Crippen LogP contribution is 2.24. The number of piperidine rings is 1. The van der Waals surface area contributed by atoms with E-state index in [-0.39, 0.29) is 17.9 Å². The van der Waals surface area contributed by atoms with E-state index in [1.165, 1.54) is 12.1 Å². The SMILES string of the molecule is CC[C@H](C[C@H](O)N1CCC[C@@H](Cc2ccc(F)cc2)C1)NC(=O)Nc1cccc(-c2nnnn2C)c1. The zero-order valence-electron chi connectivity index (χ0n) is 20.8. The number of carbonyl (C=O) groups excluding carboxylic acids is 1. The van der Waals surface area contributed by atoms with E-state index in [2.05, 4.69) is 31.1 Å². The maximum absolute atomic E-state index is 13.2. The van der Waals surface area contributed by atoms with E-state index < -0.39 is 6.23 Å². The van der Waals surface area contributed by atoms with Gasteiger partial charge in [-0.3, -0.25) is 4.90 Å². The maximum Gasteiger partial charge on any atom is 0.319 e. The Morgan fingerprint density at radius 2 is 2.06 bits per heavy atom. The zero-order valence-corrected chi connectivity index (χ0v) is 20.8. The number of likely N-dealkylation sites (tertiary alicyclic amines) is 1. The number of benzene rings is 2. The van der Waals surface area contributed by atoms with Crippen molar-refractivity contribution in [3.63, 3.8) is 0 Å². The quantitative estimate of drug-likeness (QED) is 0.419. The molecule has 0 saturated carbocycles. The molecule has 0 unspecified atom stereocenters. The number of aromatic nitrogens is 4. The van der Waals surface area contributed by atoms with Crippen molar-refractivity contribution in [2.45, 2.75) is 51.3 Å². The number of hydrogen-bond acceptors (Lipinski definition) is 6. The Balaban J connectivity index is 1.28. The highest BCUT2D eigenvalue weighted by atomic mass is 19.1. The molecule has 0 spiro atoms. The van der Waals surface area contributed by atoms with Gasteiger partial charge in [-0.1, -0.05) is 31.2 Å². The Kier molecular flexibility index (Phi) is 8.61. The molecule has 3 N–H and O–H groups in total. The lowest BCUT2D eigenvalue weighted by Gasteiger charge is -2.37. The first-order valence-corrected chi connectivity index (χ1v) is 12.5. The largest absolute Gasteiger partial charge is 0.378 e. The van der Waals surface area contributed by atoms with Crippen molar-refractivity contribution in [2.75, 3.05) is 18.4 Å². The second-order valence-electron chi connectivity index (χ2n) is 9.46. The minimum absolute atomic E-state index is 0.177. The van der Waals surface area contributed by atoms with Crippen LogP contribution in [0.15, 0.2) is 48.5 Å². The number of urea groups is 1. The van der Waals surface area contributed by atoms with Crippen molar-refractivity contribution in [3.8, 4) is 11.4 Å². The van der Waals surface area contributed by atoms with Gasteiger partial charge in [-0.05, 0) is 71.9 Å². The van der Waals surface area contributed by atoms with Crippen LogP contribution in [0.1, 0.15) is 38.2 Å². The van der Waals surface area contributed by atoms with Crippen molar-refractivity contribution in [1.82, 2.24) is 30.4 Å². The number of aliphatic hydroxyl groups is 1. The van der Waals surface area contributed by atoms with Crippen LogP contribution in [0.2, 0.25) is 0 Å². The van der Waals surface area contributed by atoms with Crippen LogP contribution >= 0.6 is 0 Å². The van der Waals surface area contributed by atoms with E-state index >= 15 is 0 Å². The molecule has 10 heteroatoms. The number of anilines is 1. The van der Waals surface area contributed by atoms with E-state index in [4.69, 9.17) is 0 Å². The summed E-state index contributed by atoms with van der Waals surface area (Å²) in [5.74, 6) is 0.788. The third kappa shape index (κ3) is 6.86. The fourth-order valence-electron chi connectivity index (χ4n) is 4.78. The van der Waals surface area contributed by atoms with Gasteiger partial charge in [0.2, 0.25) is 0 Å². The molecule has 192 valence electrons. The third-order valence-corrected chi connectivity index (χ3v) is 6.73. The first-order valence-electron chi connectivity index (χ1n) is 12.5. The molecule has 36 heavy (non-hydrogen) atoms. The van der Waals surface area contributed by atoms with Gasteiger partial charge in [0, 0.05) is 43.9 Å². The first-order chi connectivity index (χ1) is 17.4. The number of amides is 2. The normalized spacial score (nSPS) is 17.9. The molecule has 2 amide bonds. The predicted molar refractivity (Wildman–Crippen MR) is 135 cm³/mol.